The molecule has 2 atom stereocenters. The molecule has 1 aliphatic rings. The fourth-order valence-electron chi connectivity index (χ4n) is 2.36. The maximum atomic E-state index is 11.8. The Bertz CT molecular complexity index is 439. The van der Waals surface area contributed by atoms with Crippen molar-refractivity contribution >= 4 is 17.8 Å². The number of thioether (sulfide) groups is 1. The molecule has 2 amide bonds. The molecule has 0 heterocycles. The summed E-state index contributed by atoms with van der Waals surface area (Å²) in [4.78, 5) is 11.8. The van der Waals surface area contributed by atoms with Crippen LogP contribution in [0.3, 0.4) is 0 Å². The van der Waals surface area contributed by atoms with Gasteiger partial charge in [0.05, 0.1) is 12.1 Å². The van der Waals surface area contributed by atoms with E-state index in [9.17, 15) is 9.90 Å². The van der Waals surface area contributed by atoms with E-state index in [1.165, 1.54) is 0 Å². The first-order valence-corrected chi connectivity index (χ1v) is 7.91. The zero-order chi connectivity index (χ0) is 13.7. The number of nitrogens with one attached hydrogen (secondary N) is 2. The van der Waals surface area contributed by atoms with Crippen LogP contribution in [0.2, 0.25) is 0 Å². The fraction of sp³-hybridized carbons (Fsp3) is 0.500. The molecule has 0 saturated heterocycles. The summed E-state index contributed by atoms with van der Waals surface area (Å²) >= 11 is 1.77. The van der Waals surface area contributed by atoms with Gasteiger partial charge >= 0.3 is 6.03 Å². The molecule has 104 valence electrons. The highest BCUT2D eigenvalue weighted by Crippen LogP contribution is 2.30. The Morgan fingerprint density at radius 1 is 1.47 bits per heavy atom. The number of carbonyl (C=O) groups excluding carboxylic acids is 1. The van der Waals surface area contributed by atoms with E-state index in [0.717, 1.165) is 23.3 Å². The molecule has 2 unspecified atom stereocenters. The summed E-state index contributed by atoms with van der Waals surface area (Å²) in [6.07, 6.45) is 3.08. The summed E-state index contributed by atoms with van der Waals surface area (Å²) in [7, 11) is 0. The van der Waals surface area contributed by atoms with Gasteiger partial charge in [-0.05, 0) is 29.6 Å². The van der Waals surface area contributed by atoms with Crippen LogP contribution in [0.25, 0.3) is 0 Å². The molecular formula is C14H20N2O2S. The molecule has 5 heteroatoms. The summed E-state index contributed by atoms with van der Waals surface area (Å²) in [6, 6.07) is 7.35. The number of rotatable bonds is 5. The van der Waals surface area contributed by atoms with Crippen LogP contribution in [0.1, 0.15) is 23.6 Å². The van der Waals surface area contributed by atoms with E-state index in [4.69, 9.17) is 0 Å². The number of hydrogen-bond donors (Lipinski definition) is 3. The minimum absolute atomic E-state index is 0.207. The van der Waals surface area contributed by atoms with Crippen LogP contribution < -0.4 is 10.6 Å². The Labute approximate surface area is 118 Å². The Morgan fingerprint density at radius 2 is 2.26 bits per heavy atom. The van der Waals surface area contributed by atoms with Crippen LogP contribution in [0.5, 0.6) is 0 Å². The van der Waals surface area contributed by atoms with Crippen LogP contribution >= 0.6 is 11.8 Å². The number of fused-ring (bicyclic) bond motifs is 1. The van der Waals surface area contributed by atoms with E-state index >= 15 is 0 Å². The van der Waals surface area contributed by atoms with Gasteiger partial charge in [0.15, 0.2) is 0 Å². The normalized spacial score (nSPS) is 20.9. The SMILES string of the molecule is CSCCCNC(=O)NC1c2ccccc2CC1O. The van der Waals surface area contributed by atoms with Gasteiger partial charge in [-0.15, -0.1) is 0 Å². The standard InChI is InChI=1S/C14H20N2O2S/c1-19-8-4-7-15-14(18)16-13-11-6-3-2-5-10(11)9-12(13)17/h2-3,5-6,12-13,17H,4,7-9H2,1H3,(H2,15,16,18). The number of aliphatic hydroxyl groups excluding tert-OH is 1. The number of hydrogen-bond acceptors (Lipinski definition) is 3. The Kier molecular flexibility index (Phi) is 5.10. The van der Waals surface area contributed by atoms with E-state index in [1.54, 1.807) is 11.8 Å². The first kappa shape index (κ1) is 14.2. The molecule has 0 bridgehead atoms. The van der Waals surface area contributed by atoms with E-state index in [0.29, 0.717) is 13.0 Å². The largest absolute Gasteiger partial charge is 0.390 e. The summed E-state index contributed by atoms with van der Waals surface area (Å²) in [5.74, 6) is 1.04. The summed E-state index contributed by atoms with van der Waals surface area (Å²) in [5, 5.41) is 15.7. The van der Waals surface area contributed by atoms with Crippen LogP contribution in [0, 0.1) is 0 Å². The number of amides is 2. The third kappa shape index (κ3) is 3.64. The molecule has 4 nitrogen and oxygen atoms in total. The lowest BCUT2D eigenvalue weighted by Gasteiger charge is -2.18. The van der Waals surface area contributed by atoms with Gasteiger partial charge in [-0.3, -0.25) is 0 Å². The maximum absolute atomic E-state index is 11.8. The zero-order valence-electron chi connectivity index (χ0n) is 11.1. The van der Waals surface area contributed by atoms with Crippen molar-refractivity contribution < 1.29 is 9.90 Å². The van der Waals surface area contributed by atoms with Crippen molar-refractivity contribution in [2.45, 2.75) is 25.0 Å². The summed E-state index contributed by atoms with van der Waals surface area (Å²) < 4.78 is 0. The molecule has 19 heavy (non-hydrogen) atoms. The lowest BCUT2D eigenvalue weighted by atomic mass is 10.1. The van der Waals surface area contributed by atoms with Crippen molar-refractivity contribution in [3.63, 3.8) is 0 Å². The minimum Gasteiger partial charge on any atom is -0.390 e. The quantitative estimate of drug-likeness (QED) is 0.719. The Balaban J connectivity index is 1.87. The highest BCUT2D eigenvalue weighted by atomic mass is 32.2. The molecule has 1 aliphatic carbocycles. The predicted octanol–water partition coefficient (Wildman–Crippen LogP) is 1.70. The average molecular weight is 280 g/mol. The van der Waals surface area contributed by atoms with E-state index < -0.39 is 6.10 Å². The van der Waals surface area contributed by atoms with Gasteiger partial charge in [0.1, 0.15) is 0 Å². The van der Waals surface area contributed by atoms with Gasteiger partial charge in [-0.2, -0.15) is 11.8 Å². The predicted molar refractivity (Wildman–Crippen MR) is 78.4 cm³/mol. The highest BCUT2D eigenvalue weighted by molar-refractivity contribution is 7.98. The second-order valence-corrected chi connectivity index (χ2v) is 5.68. The molecule has 2 rings (SSSR count). The summed E-state index contributed by atoms with van der Waals surface area (Å²) in [5.41, 5.74) is 2.14. The van der Waals surface area contributed by atoms with E-state index in [1.807, 2.05) is 30.5 Å². The smallest absolute Gasteiger partial charge is 0.315 e. The molecule has 0 saturated carbocycles. The number of carbonyl (C=O) groups is 1. The van der Waals surface area contributed by atoms with Crippen LogP contribution in [-0.2, 0) is 6.42 Å². The molecular weight excluding hydrogens is 260 g/mol. The van der Waals surface area contributed by atoms with Gasteiger partial charge in [0, 0.05) is 13.0 Å². The summed E-state index contributed by atoms with van der Waals surface area (Å²) in [6.45, 7) is 0.664. The number of aliphatic hydroxyl groups is 1. The van der Waals surface area contributed by atoms with Gasteiger partial charge in [-0.25, -0.2) is 4.79 Å². The third-order valence-electron chi connectivity index (χ3n) is 3.30. The lowest BCUT2D eigenvalue weighted by Crippen LogP contribution is -2.41. The molecule has 1 aromatic rings. The van der Waals surface area contributed by atoms with Gasteiger partial charge in [0.2, 0.25) is 0 Å². The van der Waals surface area contributed by atoms with Crippen LogP contribution in [-0.4, -0.2) is 35.8 Å². The zero-order valence-corrected chi connectivity index (χ0v) is 11.9. The molecule has 0 fully saturated rings. The van der Waals surface area contributed by atoms with Crippen molar-refractivity contribution in [2.75, 3.05) is 18.6 Å². The second-order valence-electron chi connectivity index (χ2n) is 4.69. The molecule has 0 aromatic heterocycles. The van der Waals surface area contributed by atoms with E-state index in [2.05, 4.69) is 10.6 Å². The van der Waals surface area contributed by atoms with Gasteiger partial charge in [0.25, 0.3) is 0 Å². The lowest BCUT2D eigenvalue weighted by molar-refractivity contribution is 0.142. The van der Waals surface area contributed by atoms with Crippen molar-refractivity contribution in [1.82, 2.24) is 10.6 Å². The first-order chi connectivity index (χ1) is 9.22. The molecule has 0 aliphatic heterocycles. The Morgan fingerprint density at radius 3 is 3.05 bits per heavy atom. The van der Waals surface area contributed by atoms with Crippen molar-refractivity contribution in [3.8, 4) is 0 Å². The minimum atomic E-state index is -0.533. The third-order valence-corrected chi connectivity index (χ3v) is 4.00. The second kappa shape index (κ2) is 6.82. The topological polar surface area (TPSA) is 61.4 Å². The van der Waals surface area contributed by atoms with Crippen LogP contribution in [0.4, 0.5) is 4.79 Å². The Hall–Kier alpha value is -1.20. The van der Waals surface area contributed by atoms with Gasteiger partial charge < -0.3 is 15.7 Å². The molecule has 1 aromatic carbocycles. The monoisotopic (exact) mass is 280 g/mol. The molecule has 3 N–H and O–H groups in total. The van der Waals surface area contributed by atoms with E-state index in [-0.39, 0.29) is 12.1 Å². The van der Waals surface area contributed by atoms with Gasteiger partial charge in [-0.1, -0.05) is 24.3 Å². The van der Waals surface area contributed by atoms with Crippen molar-refractivity contribution in [2.24, 2.45) is 0 Å². The number of benzene rings is 1. The first-order valence-electron chi connectivity index (χ1n) is 6.51. The maximum Gasteiger partial charge on any atom is 0.315 e. The highest BCUT2D eigenvalue weighted by Gasteiger charge is 2.31. The van der Waals surface area contributed by atoms with Crippen LogP contribution in [0.15, 0.2) is 24.3 Å². The molecule has 0 spiro atoms. The molecule has 0 radical (unpaired) electrons. The van der Waals surface area contributed by atoms with Crippen molar-refractivity contribution in [1.29, 1.82) is 0 Å². The average Bonchev–Trinajstić information content (AvgIpc) is 2.72. The van der Waals surface area contributed by atoms with Crippen molar-refractivity contribution in [3.05, 3.63) is 35.4 Å². The number of urea groups is 1. The fourth-order valence-corrected chi connectivity index (χ4v) is 2.79.